The average Bonchev–Trinajstić information content (AvgIpc) is 3.04. The third kappa shape index (κ3) is 4.14. The van der Waals surface area contributed by atoms with Crippen molar-refractivity contribution in [3.63, 3.8) is 0 Å². The molecule has 0 atom stereocenters. The Morgan fingerprint density at radius 2 is 1.96 bits per heavy atom. The number of hydrogen-bond donors (Lipinski definition) is 1. The number of amides is 1. The van der Waals surface area contributed by atoms with Crippen molar-refractivity contribution in [2.75, 3.05) is 32.1 Å². The number of fused-ring (bicyclic) bond motifs is 1. The van der Waals surface area contributed by atoms with E-state index in [1.807, 2.05) is 0 Å². The lowest BCUT2D eigenvalue weighted by atomic mass is 10.0. The molecule has 27 heavy (non-hydrogen) atoms. The van der Waals surface area contributed by atoms with Gasteiger partial charge in [0.05, 0.1) is 19.3 Å². The molecule has 1 aliphatic heterocycles. The number of nitrogens with one attached hydrogen (secondary N) is 1. The fourth-order valence-electron chi connectivity index (χ4n) is 3.15. The van der Waals surface area contributed by atoms with E-state index in [1.165, 1.54) is 11.3 Å². The van der Waals surface area contributed by atoms with E-state index in [2.05, 4.69) is 17.1 Å². The molecule has 0 spiro atoms. The van der Waals surface area contributed by atoms with E-state index in [4.69, 9.17) is 9.47 Å². The smallest absolute Gasteiger partial charge is 0.341 e. The Labute approximate surface area is 163 Å². The zero-order valence-electron chi connectivity index (χ0n) is 15.8. The van der Waals surface area contributed by atoms with E-state index in [1.54, 1.807) is 38.3 Å². The number of carbonyl (C=O) groups excluding carboxylic acids is 2. The Morgan fingerprint density at radius 1 is 1.22 bits per heavy atom. The second-order valence-electron chi connectivity index (χ2n) is 6.23. The molecule has 0 saturated carbocycles. The maximum Gasteiger partial charge on any atom is 0.341 e. The average molecular weight is 388 g/mol. The van der Waals surface area contributed by atoms with Gasteiger partial charge in [-0.1, -0.05) is 6.92 Å². The molecule has 7 heteroatoms. The van der Waals surface area contributed by atoms with Gasteiger partial charge in [-0.05, 0) is 49.7 Å². The van der Waals surface area contributed by atoms with Gasteiger partial charge < -0.3 is 14.8 Å². The SMILES string of the molecule is CCOC(=O)c1c(NC(=O)c2ccc(OC)cc2)sc2c1CCN(CC)C2. The third-order valence-electron chi connectivity index (χ3n) is 4.64. The molecule has 2 aromatic rings. The van der Waals surface area contributed by atoms with Crippen molar-refractivity contribution < 1.29 is 19.1 Å². The molecule has 1 aromatic heterocycles. The van der Waals surface area contributed by atoms with Crippen LogP contribution in [-0.2, 0) is 17.7 Å². The van der Waals surface area contributed by atoms with Gasteiger partial charge in [0.2, 0.25) is 0 Å². The molecule has 0 aliphatic carbocycles. The summed E-state index contributed by atoms with van der Waals surface area (Å²) in [6, 6.07) is 6.87. The lowest BCUT2D eigenvalue weighted by Gasteiger charge is -2.25. The first-order chi connectivity index (χ1) is 13.1. The highest BCUT2D eigenvalue weighted by Gasteiger charge is 2.29. The fraction of sp³-hybridized carbons (Fsp3) is 0.400. The van der Waals surface area contributed by atoms with Crippen molar-refractivity contribution in [2.45, 2.75) is 26.8 Å². The van der Waals surface area contributed by atoms with Crippen LogP contribution in [-0.4, -0.2) is 43.6 Å². The standard InChI is InChI=1S/C20H24N2O4S/c1-4-22-11-10-15-16(12-22)27-19(17(15)20(24)26-5-2)21-18(23)13-6-8-14(25-3)9-7-13/h6-9H,4-5,10-12H2,1-3H3,(H,21,23). The van der Waals surface area contributed by atoms with Gasteiger partial charge in [-0.3, -0.25) is 9.69 Å². The van der Waals surface area contributed by atoms with E-state index in [0.717, 1.165) is 36.5 Å². The summed E-state index contributed by atoms with van der Waals surface area (Å²) in [5, 5.41) is 3.48. The van der Waals surface area contributed by atoms with Crippen molar-refractivity contribution >= 4 is 28.2 Å². The van der Waals surface area contributed by atoms with Crippen LogP contribution in [0.1, 0.15) is 45.0 Å². The normalized spacial score (nSPS) is 13.7. The van der Waals surface area contributed by atoms with E-state index >= 15 is 0 Å². The van der Waals surface area contributed by atoms with Gasteiger partial charge in [0, 0.05) is 23.5 Å². The first-order valence-corrected chi connectivity index (χ1v) is 9.88. The van der Waals surface area contributed by atoms with Crippen LogP contribution in [0.2, 0.25) is 0 Å². The highest BCUT2D eigenvalue weighted by atomic mass is 32.1. The molecule has 1 aliphatic rings. The van der Waals surface area contributed by atoms with Crippen molar-refractivity contribution in [3.05, 3.63) is 45.8 Å². The van der Waals surface area contributed by atoms with Crippen LogP contribution in [0.25, 0.3) is 0 Å². The highest BCUT2D eigenvalue weighted by Crippen LogP contribution is 2.38. The molecule has 0 radical (unpaired) electrons. The minimum Gasteiger partial charge on any atom is -0.497 e. The second kappa shape index (κ2) is 8.54. The lowest BCUT2D eigenvalue weighted by Crippen LogP contribution is -2.30. The number of anilines is 1. The molecular weight excluding hydrogens is 364 g/mol. The zero-order valence-corrected chi connectivity index (χ0v) is 16.6. The molecule has 1 aromatic carbocycles. The predicted molar refractivity (Wildman–Crippen MR) is 106 cm³/mol. The Balaban J connectivity index is 1.90. The first kappa shape index (κ1) is 19.4. The molecule has 0 saturated heterocycles. The molecule has 144 valence electrons. The van der Waals surface area contributed by atoms with E-state index in [0.29, 0.717) is 28.5 Å². The number of methoxy groups -OCH3 is 1. The summed E-state index contributed by atoms with van der Waals surface area (Å²) in [4.78, 5) is 28.7. The number of benzene rings is 1. The van der Waals surface area contributed by atoms with Crippen LogP contribution in [0.5, 0.6) is 5.75 Å². The topological polar surface area (TPSA) is 67.9 Å². The summed E-state index contributed by atoms with van der Waals surface area (Å²) in [5.41, 5.74) is 2.02. The molecule has 0 fully saturated rings. The van der Waals surface area contributed by atoms with Crippen molar-refractivity contribution in [3.8, 4) is 5.75 Å². The van der Waals surface area contributed by atoms with E-state index in [9.17, 15) is 9.59 Å². The lowest BCUT2D eigenvalue weighted by molar-refractivity contribution is 0.0526. The zero-order chi connectivity index (χ0) is 19.4. The quantitative estimate of drug-likeness (QED) is 0.767. The number of likely N-dealkylation sites (N-methyl/N-ethyl adjacent to an activating group) is 1. The van der Waals surface area contributed by atoms with Gasteiger partial charge in [0.25, 0.3) is 5.91 Å². The molecule has 0 bridgehead atoms. The van der Waals surface area contributed by atoms with E-state index < -0.39 is 0 Å². The third-order valence-corrected chi connectivity index (χ3v) is 5.77. The van der Waals surface area contributed by atoms with Crippen molar-refractivity contribution in [1.82, 2.24) is 4.90 Å². The minimum absolute atomic E-state index is 0.255. The summed E-state index contributed by atoms with van der Waals surface area (Å²) >= 11 is 1.47. The number of hydrogen-bond acceptors (Lipinski definition) is 6. The Morgan fingerprint density at radius 3 is 2.59 bits per heavy atom. The Hall–Kier alpha value is -2.38. The number of esters is 1. The Bertz CT molecular complexity index is 829. The van der Waals surface area contributed by atoms with Crippen LogP contribution in [0.4, 0.5) is 5.00 Å². The number of thiophene rings is 1. The van der Waals surface area contributed by atoms with Gasteiger partial charge >= 0.3 is 5.97 Å². The number of rotatable bonds is 6. The highest BCUT2D eigenvalue weighted by molar-refractivity contribution is 7.17. The van der Waals surface area contributed by atoms with Crippen LogP contribution in [0, 0.1) is 0 Å². The monoisotopic (exact) mass is 388 g/mol. The van der Waals surface area contributed by atoms with Crippen molar-refractivity contribution in [2.24, 2.45) is 0 Å². The summed E-state index contributed by atoms with van der Waals surface area (Å²) in [5.74, 6) is 0.0594. The van der Waals surface area contributed by atoms with E-state index in [-0.39, 0.29) is 11.9 Å². The number of carbonyl (C=O) groups is 2. The maximum atomic E-state index is 12.7. The molecular formula is C20H24N2O4S. The summed E-state index contributed by atoms with van der Waals surface area (Å²) in [6.45, 7) is 6.86. The molecule has 1 N–H and O–H groups in total. The minimum atomic E-state index is -0.370. The number of nitrogens with zero attached hydrogens (tertiary/aromatic N) is 1. The first-order valence-electron chi connectivity index (χ1n) is 9.06. The summed E-state index contributed by atoms with van der Waals surface area (Å²) in [6.07, 6.45) is 0.784. The van der Waals surface area contributed by atoms with Gasteiger partial charge in [-0.2, -0.15) is 0 Å². The molecule has 3 rings (SSSR count). The largest absolute Gasteiger partial charge is 0.497 e. The van der Waals surface area contributed by atoms with Gasteiger partial charge in [0.1, 0.15) is 10.8 Å². The summed E-state index contributed by atoms with van der Waals surface area (Å²) in [7, 11) is 1.58. The van der Waals surface area contributed by atoms with Gasteiger partial charge in [0.15, 0.2) is 0 Å². The maximum absolute atomic E-state index is 12.7. The summed E-state index contributed by atoms with van der Waals surface area (Å²) < 4.78 is 10.4. The second-order valence-corrected chi connectivity index (χ2v) is 7.33. The van der Waals surface area contributed by atoms with Gasteiger partial charge in [-0.15, -0.1) is 11.3 Å². The van der Waals surface area contributed by atoms with Crippen LogP contribution < -0.4 is 10.1 Å². The number of ether oxygens (including phenoxy) is 2. The predicted octanol–water partition coefficient (Wildman–Crippen LogP) is 3.56. The molecule has 1 amide bonds. The Kier molecular flexibility index (Phi) is 6.13. The fourth-order valence-corrected chi connectivity index (χ4v) is 4.42. The van der Waals surface area contributed by atoms with Crippen LogP contribution in [0.3, 0.4) is 0 Å². The molecule has 0 unspecified atom stereocenters. The van der Waals surface area contributed by atoms with Gasteiger partial charge in [-0.25, -0.2) is 4.79 Å². The van der Waals surface area contributed by atoms with Crippen LogP contribution >= 0.6 is 11.3 Å². The molecule has 6 nitrogen and oxygen atoms in total. The van der Waals surface area contributed by atoms with Crippen LogP contribution in [0.15, 0.2) is 24.3 Å². The van der Waals surface area contributed by atoms with Crippen molar-refractivity contribution in [1.29, 1.82) is 0 Å². The molecule has 2 heterocycles.